The number of nitrogens with zero attached hydrogens (tertiary/aromatic N) is 2. The van der Waals surface area contributed by atoms with Crippen molar-refractivity contribution >= 4 is 22.8 Å². The lowest BCUT2D eigenvalue weighted by Crippen LogP contribution is -2.40. The van der Waals surface area contributed by atoms with E-state index in [9.17, 15) is 9.90 Å². The maximum absolute atomic E-state index is 11.8. The van der Waals surface area contributed by atoms with Gasteiger partial charge in [0.15, 0.2) is 0 Å². The van der Waals surface area contributed by atoms with Crippen molar-refractivity contribution in [3.8, 4) is 6.07 Å². The second-order valence-electron chi connectivity index (χ2n) is 7.99. The first-order chi connectivity index (χ1) is 16.0. The molecule has 7 nitrogen and oxygen atoms in total. The molecule has 7 heteroatoms. The molecule has 166 valence electrons. The summed E-state index contributed by atoms with van der Waals surface area (Å²) in [6.45, 7) is 1.89. The maximum atomic E-state index is 11.8. The molecule has 3 aromatic carbocycles. The first kappa shape index (κ1) is 21.9. The Morgan fingerprint density at radius 3 is 2.58 bits per heavy atom. The fourth-order valence-electron chi connectivity index (χ4n) is 4.04. The zero-order valence-electron chi connectivity index (χ0n) is 18.2. The summed E-state index contributed by atoms with van der Waals surface area (Å²) in [4.78, 5) is 19.4. The van der Waals surface area contributed by atoms with E-state index in [1.165, 1.54) is 0 Å². The molecule has 0 aliphatic rings. The van der Waals surface area contributed by atoms with Crippen LogP contribution in [0.3, 0.4) is 0 Å². The topological polar surface area (TPSA) is 114 Å². The molecule has 1 aromatic heterocycles. The van der Waals surface area contributed by atoms with Gasteiger partial charge >= 0.3 is 6.09 Å². The van der Waals surface area contributed by atoms with E-state index in [-0.39, 0.29) is 6.04 Å². The Kier molecular flexibility index (Phi) is 6.56. The summed E-state index contributed by atoms with van der Waals surface area (Å²) in [7, 11) is 0. The summed E-state index contributed by atoms with van der Waals surface area (Å²) in [5.74, 6) is 0.810. The zero-order valence-corrected chi connectivity index (χ0v) is 18.2. The number of benzene rings is 3. The van der Waals surface area contributed by atoms with E-state index in [0.717, 1.165) is 40.1 Å². The monoisotopic (exact) mass is 439 g/mol. The lowest BCUT2D eigenvalue weighted by molar-refractivity contribution is 0.188. The van der Waals surface area contributed by atoms with Crippen molar-refractivity contribution in [3.05, 3.63) is 95.3 Å². The van der Waals surface area contributed by atoms with Crippen LogP contribution in [-0.2, 0) is 6.42 Å². The Morgan fingerprint density at radius 1 is 1.12 bits per heavy atom. The number of rotatable bonds is 8. The Bertz CT molecular complexity index is 1280. The van der Waals surface area contributed by atoms with E-state index in [1.807, 2.05) is 67.6 Å². The van der Waals surface area contributed by atoms with Gasteiger partial charge in [-0.15, -0.1) is 0 Å². The first-order valence-corrected chi connectivity index (χ1v) is 10.8. The molecule has 4 aromatic rings. The highest BCUT2D eigenvalue weighted by molar-refractivity contribution is 5.76. The highest BCUT2D eigenvalue weighted by Gasteiger charge is 2.26. The average molecular weight is 440 g/mol. The van der Waals surface area contributed by atoms with Gasteiger partial charge in [0, 0.05) is 5.69 Å². The molecule has 0 spiro atoms. The maximum Gasteiger partial charge on any atom is 0.405 e. The Balaban J connectivity index is 1.66. The van der Waals surface area contributed by atoms with E-state index in [4.69, 9.17) is 5.26 Å². The number of nitrogens with one attached hydrogen (secondary N) is 3. The van der Waals surface area contributed by atoms with E-state index >= 15 is 0 Å². The number of amides is 1. The molecule has 2 atom stereocenters. The number of anilines is 1. The Morgan fingerprint density at radius 2 is 1.88 bits per heavy atom. The SMILES string of the molecule is Cc1nc2ccc(C(NC(=O)O)C(CCc3ccc(C#N)cc3)Nc3ccccc3)cc2[nH]1. The van der Waals surface area contributed by atoms with Crippen molar-refractivity contribution in [1.29, 1.82) is 5.26 Å². The van der Waals surface area contributed by atoms with Crippen molar-refractivity contribution < 1.29 is 9.90 Å². The quantitative estimate of drug-likeness (QED) is 0.303. The van der Waals surface area contributed by atoms with E-state index in [2.05, 4.69) is 26.7 Å². The smallest absolute Gasteiger partial charge is 0.405 e. The van der Waals surface area contributed by atoms with Crippen molar-refractivity contribution in [2.45, 2.75) is 31.8 Å². The van der Waals surface area contributed by atoms with Crippen LogP contribution >= 0.6 is 0 Å². The number of hydrogen-bond donors (Lipinski definition) is 4. The van der Waals surface area contributed by atoms with Gasteiger partial charge in [-0.2, -0.15) is 5.26 Å². The van der Waals surface area contributed by atoms with Gasteiger partial charge in [0.1, 0.15) is 5.82 Å². The van der Waals surface area contributed by atoms with Crippen LogP contribution in [0, 0.1) is 18.3 Å². The minimum Gasteiger partial charge on any atom is -0.465 e. The number of carbonyl (C=O) groups is 1. The predicted octanol–water partition coefficient (Wildman–Crippen LogP) is 5.17. The van der Waals surface area contributed by atoms with Crippen LogP contribution in [0.15, 0.2) is 72.8 Å². The summed E-state index contributed by atoms with van der Waals surface area (Å²) < 4.78 is 0. The summed E-state index contributed by atoms with van der Waals surface area (Å²) >= 11 is 0. The molecular weight excluding hydrogens is 414 g/mol. The normalized spacial score (nSPS) is 12.6. The van der Waals surface area contributed by atoms with Gasteiger partial charge in [0.25, 0.3) is 0 Å². The van der Waals surface area contributed by atoms with Crippen molar-refractivity contribution in [3.63, 3.8) is 0 Å². The van der Waals surface area contributed by atoms with E-state index in [1.54, 1.807) is 12.1 Å². The molecule has 0 aliphatic carbocycles. The molecule has 1 amide bonds. The number of aryl methyl sites for hydroxylation is 2. The Hall–Kier alpha value is -4.31. The molecule has 4 rings (SSSR count). The van der Waals surface area contributed by atoms with Crippen LogP contribution in [0.25, 0.3) is 11.0 Å². The highest BCUT2D eigenvalue weighted by atomic mass is 16.4. The summed E-state index contributed by atoms with van der Waals surface area (Å²) in [6.07, 6.45) is 0.310. The number of aromatic nitrogens is 2. The molecule has 33 heavy (non-hydrogen) atoms. The summed E-state index contributed by atoms with van der Waals surface area (Å²) in [5.41, 5.74) is 5.18. The lowest BCUT2D eigenvalue weighted by Gasteiger charge is -2.29. The summed E-state index contributed by atoms with van der Waals surface area (Å²) in [6, 6.07) is 24.5. The van der Waals surface area contributed by atoms with Crippen molar-refractivity contribution in [1.82, 2.24) is 15.3 Å². The molecule has 0 bridgehead atoms. The van der Waals surface area contributed by atoms with Crippen LogP contribution in [0.1, 0.15) is 35.0 Å². The minimum absolute atomic E-state index is 0.222. The minimum atomic E-state index is -1.08. The number of carboxylic acid groups (broad SMARTS) is 1. The number of para-hydroxylation sites is 1. The average Bonchev–Trinajstić information content (AvgIpc) is 3.20. The molecule has 0 fully saturated rings. The van der Waals surface area contributed by atoms with Gasteiger partial charge in [-0.3, -0.25) is 0 Å². The van der Waals surface area contributed by atoms with Gasteiger partial charge in [-0.1, -0.05) is 36.4 Å². The van der Waals surface area contributed by atoms with Gasteiger partial charge in [-0.25, -0.2) is 9.78 Å². The molecule has 0 aliphatic heterocycles. The fourth-order valence-corrected chi connectivity index (χ4v) is 4.04. The molecule has 1 heterocycles. The third kappa shape index (κ3) is 5.49. The first-order valence-electron chi connectivity index (χ1n) is 10.8. The van der Waals surface area contributed by atoms with Crippen molar-refractivity contribution in [2.24, 2.45) is 0 Å². The van der Waals surface area contributed by atoms with Gasteiger partial charge in [-0.05, 0) is 67.3 Å². The van der Waals surface area contributed by atoms with Crippen molar-refractivity contribution in [2.75, 3.05) is 5.32 Å². The zero-order chi connectivity index (χ0) is 23.2. The number of hydrogen-bond acceptors (Lipinski definition) is 4. The Labute approximate surface area is 192 Å². The lowest BCUT2D eigenvalue weighted by atomic mass is 9.93. The van der Waals surface area contributed by atoms with Crippen LogP contribution in [0.5, 0.6) is 0 Å². The molecule has 0 saturated carbocycles. The molecule has 4 N–H and O–H groups in total. The standard InChI is InChI=1S/C26H25N5O2/c1-17-28-22-14-12-20(15-24(22)29-17)25(31-26(32)33)23(30-21-5-3-2-4-6-21)13-11-18-7-9-19(16-27)10-8-18/h2-10,12,14-15,23,25,30-31H,11,13H2,1H3,(H,28,29)(H,32,33). The molecular formula is C26H25N5O2. The van der Waals surface area contributed by atoms with Crippen LogP contribution in [0.2, 0.25) is 0 Å². The van der Waals surface area contributed by atoms with Crippen LogP contribution in [0.4, 0.5) is 10.5 Å². The van der Waals surface area contributed by atoms with Crippen LogP contribution in [-0.4, -0.2) is 27.2 Å². The predicted molar refractivity (Wildman–Crippen MR) is 128 cm³/mol. The van der Waals surface area contributed by atoms with Gasteiger partial charge < -0.3 is 20.7 Å². The fraction of sp³-hybridized carbons (Fsp3) is 0.192. The second kappa shape index (κ2) is 9.88. The van der Waals surface area contributed by atoms with Gasteiger partial charge in [0.05, 0.1) is 34.7 Å². The number of fused-ring (bicyclic) bond motifs is 1. The van der Waals surface area contributed by atoms with Gasteiger partial charge in [0.2, 0.25) is 0 Å². The molecule has 0 radical (unpaired) electrons. The highest BCUT2D eigenvalue weighted by Crippen LogP contribution is 2.27. The molecule has 2 unspecified atom stereocenters. The van der Waals surface area contributed by atoms with E-state index < -0.39 is 12.1 Å². The second-order valence-corrected chi connectivity index (χ2v) is 7.99. The number of H-pyrrole nitrogens is 1. The van der Waals surface area contributed by atoms with E-state index in [0.29, 0.717) is 12.0 Å². The summed E-state index contributed by atoms with van der Waals surface area (Å²) in [5, 5.41) is 24.9. The largest absolute Gasteiger partial charge is 0.465 e. The number of imidazole rings is 1. The third-order valence-corrected chi connectivity index (χ3v) is 5.62. The number of nitriles is 1. The van der Waals surface area contributed by atoms with Crippen LogP contribution < -0.4 is 10.6 Å². The number of aromatic amines is 1. The third-order valence-electron chi connectivity index (χ3n) is 5.62. The molecule has 0 saturated heterocycles.